The highest BCUT2D eigenvalue weighted by atomic mass is 19.1. The van der Waals surface area contributed by atoms with Crippen molar-refractivity contribution in [2.24, 2.45) is 5.92 Å². The molecule has 2 aromatic rings. The average molecular weight is 399 g/mol. The van der Waals surface area contributed by atoms with E-state index in [0.29, 0.717) is 17.5 Å². The van der Waals surface area contributed by atoms with Gasteiger partial charge in [0.2, 0.25) is 11.9 Å². The molecule has 2 aliphatic rings. The smallest absolute Gasteiger partial charge is 0.247 e. The molecule has 8 nitrogen and oxygen atoms in total. The largest absolute Gasteiger partial charge is 0.367 e. The SMILES string of the molecule is Cc1nc(N[C@H]2C[C@@H](Nc3ccc(F)cn3)C2)nc2c1NC(=O)C(C(C)C)N2C. The van der Waals surface area contributed by atoms with E-state index < -0.39 is 0 Å². The van der Waals surface area contributed by atoms with Crippen LogP contribution < -0.4 is 20.9 Å². The number of anilines is 4. The highest BCUT2D eigenvalue weighted by Crippen LogP contribution is 2.35. The van der Waals surface area contributed by atoms with Crippen molar-refractivity contribution in [3.05, 3.63) is 29.8 Å². The number of nitrogens with zero attached hydrogens (tertiary/aromatic N) is 4. The van der Waals surface area contributed by atoms with Gasteiger partial charge in [0.05, 0.1) is 11.9 Å². The van der Waals surface area contributed by atoms with Gasteiger partial charge in [-0.3, -0.25) is 4.79 Å². The van der Waals surface area contributed by atoms with E-state index >= 15 is 0 Å². The highest BCUT2D eigenvalue weighted by Gasteiger charge is 2.36. The summed E-state index contributed by atoms with van der Waals surface area (Å²) in [5.41, 5.74) is 1.42. The van der Waals surface area contributed by atoms with Crippen LogP contribution in [0.3, 0.4) is 0 Å². The zero-order valence-electron chi connectivity index (χ0n) is 17.0. The maximum atomic E-state index is 13.0. The minimum absolute atomic E-state index is 0.0234. The van der Waals surface area contributed by atoms with Gasteiger partial charge < -0.3 is 20.9 Å². The molecule has 1 aliphatic heterocycles. The number of pyridine rings is 1. The van der Waals surface area contributed by atoms with Crippen molar-refractivity contribution in [1.82, 2.24) is 15.0 Å². The third-order valence-corrected chi connectivity index (χ3v) is 5.52. The lowest BCUT2D eigenvalue weighted by Crippen LogP contribution is -2.50. The number of aromatic nitrogens is 3. The van der Waals surface area contributed by atoms with Crippen molar-refractivity contribution in [2.75, 3.05) is 27.9 Å². The molecule has 0 radical (unpaired) electrons. The van der Waals surface area contributed by atoms with Crippen LogP contribution in [-0.4, -0.2) is 46.0 Å². The molecular formula is C20H26FN7O. The standard InChI is InChI=1S/C20H26FN7O/c1-10(2)17-19(29)26-16-11(3)23-20(27-18(16)28(17)4)25-14-7-13(8-14)24-15-6-5-12(21)9-22-15/h5-6,9-10,13-14,17H,7-8H2,1-4H3,(H,22,24)(H,26,29)(H,23,25,27)/t13-,14+,17?. The molecule has 29 heavy (non-hydrogen) atoms. The van der Waals surface area contributed by atoms with Gasteiger partial charge in [-0.15, -0.1) is 0 Å². The second-order valence-corrected chi connectivity index (χ2v) is 8.14. The molecule has 4 rings (SSSR count). The molecular weight excluding hydrogens is 373 g/mol. The summed E-state index contributed by atoms with van der Waals surface area (Å²) in [5, 5.41) is 9.65. The molecule has 1 atom stereocenters. The molecule has 9 heteroatoms. The number of nitrogens with one attached hydrogen (secondary N) is 3. The van der Waals surface area contributed by atoms with Crippen molar-refractivity contribution in [3.8, 4) is 0 Å². The minimum atomic E-state index is -0.343. The Labute approximate surface area is 169 Å². The average Bonchev–Trinajstić information content (AvgIpc) is 2.62. The Balaban J connectivity index is 1.41. The Morgan fingerprint density at radius 2 is 1.93 bits per heavy atom. The molecule has 2 aromatic heterocycles. The first-order valence-corrected chi connectivity index (χ1v) is 9.88. The molecule has 0 bridgehead atoms. The number of hydrogen-bond acceptors (Lipinski definition) is 7. The molecule has 1 saturated carbocycles. The fourth-order valence-corrected chi connectivity index (χ4v) is 3.99. The first-order chi connectivity index (χ1) is 13.8. The molecule has 0 spiro atoms. The second kappa shape index (κ2) is 7.46. The number of amides is 1. The van der Waals surface area contributed by atoms with Crippen molar-refractivity contribution in [1.29, 1.82) is 0 Å². The lowest BCUT2D eigenvalue weighted by Gasteiger charge is -2.38. The van der Waals surface area contributed by atoms with E-state index in [-0.39, 0.29) is 35.8 Å². The number of carbonyl (C=O) groups excluding carboxylic acids is 1. The van der Waals surface area contributed by atoms with Crippen LogP contribution in [0.4, 0.5) is 27.7 Å². The lowest BCUT2D eigenvalue weighted by atomic mass is 9.87. The normalized spacial score (nSPS) is 23.3. The van der Waals surface area contributed by atoms with Crippen molar-refractivity contribution < 1.29 is 9.18 Å². The highest BCUT2D eigenvalue weighted by molar-refractivity contribution is 6.03. The van der Waals surface area contributed by atoms with E-state index in [1.54, 1.807) is 6.07 Å². The van der Waals surface area contributed by atoms with Gasteiger partial charge in [0.25, 0.3) is 0 Å². The third kappa shape index (κ3) is 3.81. The Bertz CT molecular complexity index is 912. The summed E-state index contributed by atoms with van der Waals surface area (Å²) >= 11 is 0. The third-order valence-electron chi connectivity index (χ3n) is 5.52. The van der Waals surface area contributed by atoms with Gasteiger partial charge in [-0.25, -0.2) is 14.4 Å². The summed E-state index contributed by atoms with van der Waals surface area (Å²) < 4.78 is 13.0. The van der Waals surface area contributed by atoms with Gasteiger partial charge >= 0.3 is 0 Å². The van der Waals surface area contributed by atoms with Gasteiger partial charge in [0.1, 0.15) is 23.4 Å². The Hall–Kier alpha value is -2.97. The number of fused-ring (bicyclic) bond motifs is 1. The molecule has 0 aromatic carbocycles. The summed E-state index contributed by atoms with van der Waals surface area (Å²) in [7, 11) is 1.90. The van der Waals surface area contributed by atoms with Crippen LogP contribution in [-0.2, 0) is 4.79 Å². The number of rotatable bonds is 5. The fraction of sp³-hybridized carbons (Fsp3) is 0.500. The topological polar surface area (TPSA) is 95.1 Å². The molecule has 1 amide bonds. The van der Waals surface area contributed by atoms with E-state index in [2.05, 4.69) is 30.9 Å². The number of likely N-dealkylation sites (N-methyl/N-ethyl adjacent to an activating group) is 1. The van der Waals surface area contributed by atoms with Crippen LogP contribution in [0, 0.1) is 18.7 Å². The van der Waals surface area contributed by atoms with E-state index in [9.17, 15) is 9.18 Å². The van der Waals surface area contributed by atoms with Crippen LogP contribution in [0.2, 0.25) is 0 Å². The lowest BCUT2D eigenvalue weighted by molar-refractivity contribution is -0.118. The van der Waals surface area contributed by atoms with Crippen LogP contribution >= 0.6 is 0 Å². The van der Waals surface area contributed by atoms with Crippen molar-refractivity contribution in [2.45, 2.75) is 51.7 Å². The van der Waals surface area contributed by atoms with Crippen LogP contribution in [0.15, 0.2) is 18.3 Å². The minimum Gasteiger partial charge on any atom is -0.367 e. The number of hydrogen-bond donors (Lipinski definition) is 3. The number of carbonyl (C=O) groups is 1. The van der Waals surface area contributed by atoms with Gasteiger partial charge in [0.15, 0.2) is 5.82 Å². The maximum Gasteiger partial charge on any atom is 0.247 e. The number of halogens is 1. The fourth-order valence-electron chi connectivity index (χ4n) is 3.99. The monoisotopic (exact) mass is 399 g/mol. The summed E-state index contributed by atoms with van der Waals surface area (Å²) in [6, 6.07) is 3.30. The number of aryl methyl sites for hydroxylation is 1. The Kier molecular flexibility index (Phi) is 4.97. The van der Waals surface area contributed by atoms with Crippen molar-refractivity contribution >= 4 is 29.2 Å². The van der Waals surface area contributed by atoms with Gasteiger partial charge in [-0.05, 0) is 37.8 Å². The zero-order valence-corrected chi connectivity index (χ0v) is 17.0. The maximum absolute atomic E-state index is 13.0. The van der Waals surface area contributed by atoms with Crippen LogP contribution in [0.5, 0.6) is 0 Å². The predicted molar refractivity (Wildman–Crippen MR) is 111 cm³/mol. The zero-order chi connectivity index (χ0) is 20.7. The molecule has 1 fully saturated rings. The molecule has 154 valence electrons. The molecule has 3 N–H and O–H groups in total. The predicted octanol–water partition coefficient (Wildman–Crippen LogP) is 2.79. The molecule has 3 heterocycles. The van der Waals surface area contributed by atoms with Crippen LogP contribution in [0.1, 0.15) is 32.4 Å². The van der Waals surface area contributed by atoms with Crippen LogP contribution in [0.25, 0.3) is 0 Å². The van der Waals surface area contributed by atoms with Gasteiger partial charge in [-0.1, -0.05) is 13.8 Å². The quantitative estimate of drug-likeness (QED) is 0.712. The second-order valence-electron chi connectivity index (χ2n) is 8.14. The molecule has 1 unspecified atom stereocenters. The first-order valence-electron chi connectivity index (χ1n) is 9.88. The van der Waals surface area contributed by atoms with Crippen molar-refractivity contribution in [3.63, 3.8) is 0 Å². The Morgan fingerprint density at radius 1 is 1.21 bits per heavy atom. The van der Waals surface area contributed by atoms with E-state index in [0.717, 1.165) is 24.4 Å². The Morgan fingerprint density at radius 3 is 2.59 bits per heavy atom. The molecule has 0 saturated heterocycles. The summed E-state index contributed by atoms with van der Waals surface area (Å²) in [6.07, 6.45) is 2.99. The first kappa shape index (κ1) is 19.4. The van der Waals surface area contributed by atoms with E-state index in [1.165, 1.54) is 12.3 Å². The summed E-state index contributed by atoms with van der Waals surface area (Å²) in [4.78, 5) is 27.6. The van der Waals surface area contributed by atoms with E-state index in [4.69, 9.17) is 0 Å². The summed E-state index contributed by atoms with van der Waals surface area (Å²) in [5.74, 6) is 1.78. The molecule has 1 aliphatic carbocycles. The van der Waals surface area contributed by atoms with E-state index in [1.807, 2.05) is 32.7 Å². The van der Waals surface area contributed by atoms with Gasteiger partial charge in [-0.2, -0.15) is 4.98 Å². The van der Waals surface area contributed by atoms with Gasteiger partial charge in [0, 0.05) is 19.1 Å². The summed E-state index contributed by atoms with van der Waals surface area (Å²) in [6.45, 7) is 5.92.